The summed E-state index contributed by atoms with van der Waals surface area (Å²) in [5, 5.41) is 4.64. The Morgan fingerprint density at radius 1 is 1.25 bits per heavy atom. The third kappa shape index (κ3) is 3.03. The van der Waals surface area contributed by atoms with Gasteiger partial charge in [-0.05, 0) is 25.3 Å². The van der Waals surface area contributed by atoms with Gasteiger partial charge in [-0.15, -0.1) is 11.3 Å². The molecule has 0 aromatic carbocycles. The fourth-order valence-electron chi connectivity index (χ4n) is 2.60. The zero-order valence-corrected chi connectivity index (χ0v) is 13.5. The maximum Gasteiger partial charge on any atom is 0.223 e. The quantitative estimate of drug-likeness (QED) is 0.842. The van der Waals surface area contributed by atoms with Gasteiger partial charge < -0.3 is 11.1 Å². The fraction of sp³-hybridized carbons (Fsp3) is 0.600. The van der Waals surface area contributed by atoms with Crippen molar-refractivity contribution in [2.45, 2.75) is 53.0 Å². The van der Waals surface area contributed by atoms with Crippen molar-refractivity contribution in [2.24, 2.45) is 5.92 Å². The number of nitrogens with one attached hydrogen (secondary N) is 1. The Morgan fingerprint density at radius 2 is 1.95 bits per heavy atom. The Kier molecular flexibility index (Phi) is 4.81. The molecule has 0 spiro atoms. The van der Waals surface area contributed by atoms with Crippen LogP contribution in [0, 0.1) is 5.92 Å². The van der Waals surface area contributed by atoms with E-state index in [1.807, 2.05) is 0 Å². The molecular weight excluding hydrogens is 268 g/mol. The molecule has 1 unspecified atom stereocenters. The van der Waals surface area contributed by atoms with Crippen LogP contribution in [0.2, 0.25) is 0 Å². The lowest BCUT2D eigenvalue weighted by Gasteiger charge is -2.23. The highest BCUT2D eigenvalue weighted by atomic mass is 32.1. The van der Waals surface area contributed by atoms with Crippen molar-refractivity contribution in [3.05, 3.63) is 10.9 Å². The average molecular weight is 292 g/mol. The molecule has 0 aliphatic carbocycles. The molecule has 0 bridgehead atoms. The van der Waals surface area contributed by atoms with Crippen molar-refractivity contribution in [3.63, 3.8) is 0 Å². The van der Waals surface area contributed by atoms with Gasteiger partial charge in [0, 0.05) is 10.9 Å². The molecule has 110 valence electrons. The largest absolute Gasteiger partial charge is 0.368 e. The van der Waals surface area contributed by atoms with Crippen LogP contribution in [-0.4, -0.2) is 16.0 Å². The van der Waals surface area contributed by atoms with E-state index < -0.39 is 0 Å². The van der Waals surface area contributed by atoms with Crippen LogP contribution in [0.4, 0.5) is 11.8 Å². The number of fused-ring (bicyclic) bond motifs is 1. The molecule has 0 amide bonds. The molecule has 3 N–H and O–H groups in total. The third-order valence-corrected chi connectivity index (χ3v) is 5.10. The Morgan fingerprint density at radius 3 is 2.55 bits per heavy atom. The normalized spacial score (nSPS) is 13.1. The number of hydrogen-bond acceptors (Lipinski definition) is 5. The fourth-order valence-corrected chi connectivity index (χ4v) is 3.58. The monoisotopic (exact) mass is 292 g/mol. The molecule has 2 aromatic heterocycles. The first-order valence-electron chi connectivity index (χ1n) is 7.41. The van der Waals surface area contributed by atoms with Crippen LogP contribution in [0.15, 0.2) is 6.07 Å². The number of nitrogens with two attached hydrogens (primary N) is 1. The minimum atomic E-state index is 0.348. The Balaban J connectivity index is 2.35. The number of hydrogen-bond donors (Lipinski definition) is 2. The second kappa shape index (κ2) is 6.39. The summed E-state index contributed by atoms with van der Waals surface area (Å²) in [4.78, 5) is 11.0. The SMILES string of the molecule is CCc1cc2c(NC(C)C(CC)CC)nc(N)nc2s1. The molecule has 2 rings (SSSR count). The van der Waals surface area contributed by atoms with Crippen LogP contribution < -0.4 is 11.1 Å². The van der Waals surface area contributed by atoms with Crippen molar-refractivity contribution in [3.8, 4) is 0 Å². The van der Waals surface area contributed by atoms with E-state index in [1.54, 1.807) is 11.3 Å². The lowest BCUT2D eigenvalue weighted by Crippen LogP contribution is -2.25. The van der Waals surface area contributed by atoms with Crippen LogP contribution >= 0.6 is 11.3 Å². The zero-order valence-electron chi connectivity index (χ0n) is 12.7. The smallest absolute Gasteiger partial charge is 0.223 e. The first-order valence-corrected chi connectivity index (χ1v) is 8.23. The van der Waals surface area contributed by atoms with Gasteiger partial charge in [0.25, 0.3) is 0 Å². The average Bonchev–Trinajstić information content (AvgIpc) is 2.83. The predicted molar refractivity (Wildman–Crippen MR) is 88.4 cm³/mol. The summed E-state index contributed by atoms with van der Waals surface area (Å²) in [6.07, 6.45) is 3.35. The number of nitrogens with zero attached hydrogens (tertiary/aromatic N) is 2. The molecule has 4 nitrogen and oxygen atoms in total. The zero-order chi connectivity index (χ0) is 14.7. The number of aryl methyl sites for hydroxylation is 1. The van der Waals surface area contributed by atoms with Gasteiger partial charge in [0.05, 0.1) is 5.39 Å². The minimum Gasteiger partial charge on any atom is -0.368 e. The highest BCUT2D eigenvalue weighted by Crippen LogP contribution is 2.31. The van der Waals surface area contributed by atoms with Crippen molar-refractivity contribution in [1.29, 1.82) is 0 Å². The van der Waals surface area contributed by atoms with Gasteiger partial charge in [0.15, 0.2) is 0 Å². The number of aromatic nitrogens is 2. The standard InChI is InChI=1S/C15H24N4S/c1-5-10(6-2)9(4)17-13-12-8-11(7-3)20-14(12)19-15(16)18-13/h8-10H,5-7H2,1-4H3,(H3,16,17,18,19). The lowest BCUT2D eigenvalue weighted by molar-refractivity contribution is 0.437. The molecular formula is C15H24N4S. The third-order valence-electron chi connectivity index (χ3n) is 3.93. The molecule has 0 fully saturated rings. The Labute approximate surface area is 124 Å². The molecule has 2 aromatic rings. The second-order valence-corrected chi connectivity index (χ2v) is 6.34. The summed E-state index contributed by atoms with van der Waals surface area (Å²) >= 11 is 1.70. The van der Waals surface area contributed by atoms with Crippen molar-refractivity contribution < 1.29 is 0 Å². The van der Waals surface area contributed by atoms with Gasteiger partial charge in [-0.1, -0.05) is 33.6 Å². The topological polar surface area (TPSA) is 63.8 Å². The summed E-state index contributed by atoms with van der Waals surface area (Å²) in [5.74, 6) is 1.87. The van der Waals surface area contributed by atoms with E-state index in [9.17, 15) is 0 Å². The first-order chi connectivity index (χ1) is 9.58. The maximum absolute atomic E-state index is 5.84. The minimum absolute atomic E-state index is 0.348. The summed E-state index contributed by atoms with van der Waals surface area (Å²) in [6, 6.07) is 2.56. The predicted octanol–water partition coefficient (Wildman–Crippen LogP) is 4.07. The van der Waals surface area contributed by atoms with Crippen molar-refractivity contribution >= 4 is 33.3 Å². The highest BCUT2D eigenvalue weighted by molar-refractivity contribution is 7.18. The van der Waals surface area contributed by atoms with Crippen LogP contribution in [0.25, 0.3) is 10.2 Å². The number of thiophene rings is 1. The molecule has 2 heterocycles. The number of nitrogen functional groups attached to an aromatic ring is 1. The van der Waals surface area contributed by atoms with E-state index >= 15 is 0 Å². The number of anilines is 2. The van der Waals surface area contributed by atoms with E-state index in [0.29, 0.717) is 17.9 Å². The van der Waals surface area contributed by atoms with Crippen LogP contribution in [0.1, 0.15) is 45.4 Å². The van der Waals surface area contributed by atoms with Crippen molar-refractivity contribution in [2.75, 3.05) is 11.1 Å². The molecule has 0 saturated heterocycles. The summed E-state index contributed by atoms with van der Waals surface area (Å²) in [5.41, 5.74) is 5.84. The van der Waals surface area contributed by atoms with Gasteiger partial charge in [0.2, 0.25) is 5.95 Å². The van der Waals surface area contributed by atoms with Gasteiger partial charge >= 0.3 is 0 Å². The first kappa shape index (κ1) is 15.0. The summed E-state index contributed by atoms with van der Waals surface area (Å²) in [6.45, 7) is 8.84. The highest BCUT2D eigenvalue weighted by Gasteiger charge is 2.17. The van der Waals surface area contributed by atoms with Gasteiger partial charge in [-0.3, -0.25) is 0 Å². The van der Waals surface area contributed by atoms with Gasteiger partial charge in [-0.25, -0.2) is 4.98 Å². The van der Waals surface area contributed by atoms with E-state index in [-0.39, 0.29) is 0 Å². The second-order valence-electron chi connectivity index (χ2n) is 5.23. The van der Waals surface area contributed by atoms with E-state index in [4.69, 9.17) is 5.73 Å². The van der Waals surface area contributed by atoms with E-state index in [1.165, 1.54) is 4.88 Å². The maximum atomic E-state index is 5.84. The van der Waals surface area contributed by atoms with Crippen LogP contribution in [0.5, 0.6) is 0 Å². The Hall–Kier alpha value is -1.36. The molecule has 0 radical (unpaired) electrons. The van der Waals surface area contributed by atoms with Gasteiger partial charge in [-0.2, -0.15) is 4.98 Å². The Bertz CT molecular complexity index is 575. The molecule has 5 heteroatoms. The van der Waals surface area contributed by atoms with Crippen LogP contribution in [-0.2, 0) is 6.42 Å². The van der Waals surface area contributed by atoms with Crippen LogP contribution in [0.3, 0.4) is 0 Å². The summed E-state index contributed by atoms with van der Waals surface area (Å²) < 4.78 is 0. The molecule has 0 aliphatic rings. The molecule has 0 aliphatic heterocycles. The molecule has 1 atom stereocenters. The number of rotatable bonds is 6. The van der Waals surface area contributed by atoms with E-state index in [0.717, 1.165) is 35.3 Å². The molecule has 0 saturated carbocycles. The van der Waals surface area contributed by atoms with E-state index in [2.05, 4.69) is 49.0 Å². The lowest BCUT2D eigenvalue weighted by atomic mass is 9.95. The summed E-state index contributed by atoms with van der Waals surface area (Å²) in [7, 11) is 0. The van der Waals surface area contributed by atoms with Crippen molar-refractivity contribution in [1.82, 2.24) is 9.97 Å². The van der Waals surface area contributed by atoms with Gasteiger partial charge in [0.1, 0.15) is 10.6 Å². The molecule has 20 heavy (non-hydrogen) atoms.